The van der Waals surface area contributed by atoms with E-state index in [-0.39, 0.29) is 0 Å². The third kappa shape index (κ3) is 4.79. The number of amides is 1. The zero-order chi connectivity index (χ0) is 13.5. The molecule has 3 nitrogen and oxygen atoms in total. The van der Waals surface area contributed by atoms with Crippen LogP contribution in [0.5, 0.6) is 0 Å². The number of nitrogens with one attached hydrogen (secondary N) is 2. The summed E-state index contributed by atoms with van der Waals surface area (Å²) in [6.45, 7) is 4.32. The molecule has 1 saturated carbocycles. The van der Waals surface area contributed by atoms with Crippen molar-refractivity contribution in [1.82, 2.24) is 10.6 Å². The molecule has 1 aliphatic carbocycles. The van der Waals surface area contributed by atoms with Crippen molar-refractivity contribution in [2.75, 3.05) is 13.1 Å². The maximum Gasteiger partial charge on any atom is 0.223 e. The van der Waals surface area contributed by atoms with Crippen LogP contribution in [0.1, 0.15) is 64.7 Å². The number of rotatable bonds is 5. The van der Waals surface area contributed by atoms with Crippen molar-refractivity contribution in [3.8, 4) is 0 Å². The summed E-state index contributed by atoms with van der Waals surface area (Å²) in [7, 11) is 0. The van der Waals surface area contributed by atoms with Gasteiger partial charge in [-0.1, -0.05) is 26.2 Å². The topological polar surface area (TPSA) is 41.1 Å². The Morgan fingerprint density at radius 2 is 2.00 bits per heavy atom. The fourth-order valence-corrected chi connectivity index (χ4v) is 3.50. The van der Waals surface area contributed by atoms with Gasteiger partial charge in [0.15, 0.2) is 0 Å². The van der Waals surface area contributed by atoms with E-state index < -0.39 is 0 Å². The lowest BCUT2D eigenvalue weighted by atomic mass is 9.79. The Balaban J connectivity index is 1.67. The molecular formula is C16H30N2O. The first-order chi connectivity index (χ1) is 9.29. The first-order valence-electron chi connectivity index (χ1n) is 8.30. The summed E-state index contributed by atoms with van der Waals surface area (Å²) in [6, 6.07) is 0.374. The lowest BCUT2D eigenvalue weighted by Crippen LogP contribution is -2.47. The zero-order valence-electron chi connectivity index (χ0n) is 12.4. The van der Waals surface area contributed by atoms with Crippen LogP contribution >= 0.6 is 0 Å². The molecule has 1 saturated heterocycles. The maximum atomic E-state index is 12.2. The van der Waals surface area contributed by atoms with E-state index in [1.165, 1.54) is 38.5 Å². The molecule has 0 aromatic heterocycles. The van der Waals surface area contributed by atoms with E-state index in [4.69, 9.17) is 0 Å². The van der Waals surface area contributed by atoms with E-state index in [0.29, 0.717) is 17.9 Å². The average molecular weight is 266 g/mol. The molecule has 2 fully saturated rings. The van der Waals surface area contributed by atoms with Crippen LogP contribution in [-0.4, -0.2) is 25.0 Å². The van der Waals surface area contributed by atoms with E-state index >= 15 is 0 Å². The molecule has 19 heavy (non-hydrogen) atoms. The van der Waals surface area contributed by atoms with Crippen molar-refractivity contribution in [1.29, 1.82) is 0 Å². The van der Waals surface area contributed by atoms with Crippen LogP contribution in [-0.2, 0) is 4.79 Å². The summed E-state index contributed by atoms with van der Waals surface area (Å²) < 4.78 is 0. The molecule has 1 heterocycles. The quantitative estimate of drug-likeness (QED) is 0.803. The highest BCUT2D eigenvalue weighted by atomic mass is 16.1. The van der Waals surface area contributed by atoms with Crippen LogP contribution in [0.25, 0.3) is 0 Å². The highest BCUT2D eigenvalue weighted by Gasteiger charge is 2.27. The Morgan fingerprint density at radius 1 is 1.21 bits per heavy atom. The Kier molecular flexibility index (Phi) is 6.15. The Hall–Kier alpha value is -0.570. The summed E-state index contributed by atoms with van der Waals surface area (Å²) in [5.74, 6) is 1.50. The van der Waals surface area contributed by atoms with Gasteiger partial charge in [-0.2, -0.15) is 0 Å². The van der Waals surface area contributed by atoms with Crippen LogP contribution in [0, 0.1) is 11.8 Å². The molecule has 3 heteroatoms. The molecule has 0 unspecified atom stereocenters. The van der Waals surface area contributed by atoms with Gasteiger partial charge in [0.1, 0.15) is 0 Å². The average Bonchev–Trinajstić information content (AvgIpc) is 2.46. The van der Waals surface area contributed by atoms with E-state index in [1.54, 1.807) is 0 Å². The second-order valence-corrected chi connectivity index (χ2v) is 6.41. The fourth-order valence-electron chi connectivity index (χ4n) is 3.50. The second-order valence-electron chi connectivity index (χ2n) is 6.41. The summed E-state index contributed by atoms with van der Waals surface area (Å²) in [6.07, 6.45) is 11.1. The van der Waals surface area contributed by atoms with Crippen LogP contribution in [0.3, 0.4) is 0 Å². The van der Waals surface area contributed by atoms with Crippen molar-refractivity contribution in [2.45, 2.75) is 70.8 Å². The maximum absolute atomic E-state index is 12.2. The third-order valence-corrected chi connectivity index (χ3v) is 4.83. The van der Waals surface area contributed by atoms with Crippen molar-refractivity contribution in [2.24, 2.45) is 11.8 Å². The van der Waals surface area contributed by atoms with Gasteiger partial charge in [-0.15, -0.1) is 0 Å². The van der Waals surface area contributed by atoms with E-state index in [9.17, 15) is 4.79 Å². The van der Waals surface area contributed by atoms with Crippen molar-refractivity contribution in [3.05, 3.63) is 0 Å². The standard InChI is InChI=1S/C16H30N2O/c1-2-3-5-13-7-9-14(10-8-13)16(19)18-15-6-4-11-17-12-15/h13-15,17H,2-12H2,1H3,(H,18,19)/t13?,14?,15-/m1/s1. The minimum Gasteiger partial charge on any atom is -0.352 e. The van der Waals surface area contributed by atoms with Crippen LogP contribution < -0.4 is 10.6 Å². The molecular weight excluding hydrogens is 236 g/mol. The summed E-state index contributed by atoms with van der Waals surface area (Å²) in [5.41, 5.74) is 0. The van der Waals surface area contributed by atoms with Crippen LogP contribution in [0.4, 0.5) is 0 Å². The van der Waals surface area contributed by atoms with E-state index in [2.05, 4.69) is 17.6 Å². The molecule has 110 valence electrons. The predicted molar refractivity (Wildman–Crippen MR) is 79.0 cm³/mol. The summed E-state index contributed by atoms with van der Waals surface area (Å²) in [4.78, 5) is 12.2. The van der Waals surface area contributed by atoms with E-state index in [0.717, 1.165) is 38.3 Å². The Morgan fingerprint density at radius 3 is 2.63 bits per heavy atom. The fraction of sp³-hybridized carbons (Fsp3) is 0.938. The van der Waals surface area contributed by atoms with Gasteiger partial charge < -0.3 is 10.6 Å². The number of unbranched alkanes of at least 4 members (excludes halogenated alkanes) is 1. The lowest BCUT2D eigenvalue weighted by molar-refractivity contribution is -0.127. The summed E-state index contributed by atoms with van der Waals surface area (Å²) in [5, 5.41) is 6.60. The molecule has 0 radical (unpaired) electrons. The zero-order valence-corrected chi connectivity index (χ0v) is 12.4. The SMILES string of the molecule is CCCCC1CCC(C(=O)N[C@@H]2CCCNC2)CC1. The molecule has 0 aromatic rings. The van der Waals surface area contributed by atoms with Gasteiger partial charge in [0.25, 0.3) is 0 Å². The monoisotopic (exact) mass is 266 g/mol. The largest absolute Gasteiger partial charge is 0.352 e. The van der Waals surface area contributed by atoms with Crippen molar-refractivity contribution < 1.29 is 4.79 Å². The third-order valence-electron chi connectivity index (χ3n) is 4.83. The minimum atomic E-state index is 0.291. The van der Waals surface area contributed by atoms with Gasteiger partial charge in [-0.05, 0) is 51.0 Å². The second kappa shape index (κ2) is 7.88. The van der Waals surface area contributed by atoms with Gasteiger partial charge in [0.05, 0.1) is 0 Å². The predicted octanol–water partition coefficient (Wildman–Crippen LogP) is 2.85. The number of hydrogen-bond acceptors (Lipinski definition) is 2. The highest BCUT2D eigenvalue weighted by molar-refractivity contribution is 5.79. The van der Waals surface area contributed by atoms with Crippen LogP contribution in [0.15, 0.2) is 0 Å². The van der Waals surface area contributed by atoms with Gasteiger partial charge in [0, 0.05) is 18.5 Å². The molecule has 2 rings (SSSR count). The van der Waals surface area contributed by atoms with Crippen LogP contribution in [0.2, 0.25) is 0 Å². The molecule has 0 aromatic carbocycles. The van der Waals surface area contributed by atoms with Gasteiger partial charge in [-0.3, -0.25) is 4.79 Å². The molecule has 0 spiro atoms. The smallest absolute Gasteiger partial charge is 0.223 e. The van der Waals surface area contributed by atoms with E-state index in [1.807, 2.05) is 0 Å². The number of carbonyl (C=O) groups excluding carboxylic acids is 1. The highest BCUT2D eigenvalue weighted by Crippen LogP contribution is 2.32. The number of hydrogen-bond donors (Lipinski definition) is 2. The number of piperidine rings is 1. The first-order valence-corrected chi connectivity index (χ1v) is 8.30. The Bertz CT molecular complexity index is 266. The minimum absolute atomic E-state index is 0.291. The Labute approximate surface area is 117 Å². The first kappa shape index (κ1) is 14.8. The molecule has 0 bridgehead atoms. The van der Waals surface area contributed by atoms with Gasteiger partial charge in [-0.25, -0.2) is 0 Å². The summed E-state index contributed by atoms with van der Waals surface area (Å²) >= 11 is 0. The van der Waals surface area contributed by atoms with Crippen molar-refractivity contribution in [3.63, 3.8) is 0 Å². The number of carbonyl (C=O) groups is 1. The molecule has 1 atom stereocenters. The molecule has 2 aliphatic rings. The molecule has 2 N–H and O–H groups in total. The normalized spacial score (nSPS) is 31.9. The lowest BCUT2D eigenvalue weighted by Gasteiger charge is -2.30. The van der Waals surface area contributed by atoms with Gasteiger partial charge in [0.2, 0.25) is 5.91 Å². The van der Waals surface area contributed by atoms with Gasteiger partial charge >= 0.3 is 0 Å². The molecule has 1 amide bonds. The molecule has 1 aliphatic heterocycles. The van der Waals surface area contributed by atoms with Crippen molar-refractivity contribution >= 4 is 5.91 Å².